The first kappa shape index (κ1) is 17.9. The fourth-order valence-corrected chi connectivity index (χ4v) is 3.36. The summed E-state index contributed by atoms with van der Waals surface area (Å²) in [6.45, 7) is 2.56. The monoisotopic (exact) mass is 380 g/mol. The van der Waals surface area contributed by atoms with Crippen LogP contribution in [0.4, 0.5) is 0 Å². The van der Waals surface area contributed by atoms with E-state index in [4.69, 9.17) is 9.47 Å². The minimum absolute atomic E-state index is 0.0769. The first-order valence-electron chi connectivity index (χ1n) is 9.11. The van der Waals surface area contributed by atoms with Crippen LogP contribution in [0.15, 0.2) is 47.3 Å². The molecule has 0 radical (unpaired) electrons. The molecule has 2 aromatic carbocycles. The maximum absolute atomic E-state index is 12.9. The number of aromatic nitrogens is 1. The van der Waals surface area contributed by atoms with Crippen LogP contribution in [0.5, 0.6) is 17.2 Å². The molecule has 0 atom stereocenters. The predicted molar refractivity (Wildman–Crippen MR) is 104 cm³/mol. The molecule has 0 bridgehead atoms. The maximum atomic E-state index is 12.9. The van der Waals surface area contributed by atoms with Crippen molar-refractivity contribution in [1.29, 1.82) is 0 Å². The van der Waals surface area contributed by atoms with Gasteiger partial charge in [0.25, 0.3) is 11.5 Å². The Morgan fingerprint density at radius 3 is 2.79 bits per heavy atom. The third-order valence-electron chi connectivity index (χ3n) is 4.75. The van der Waals surface area contributed by atoms with Crippen LogP contribution in [-0.2, 0) is 13.1 Å². The summed E-state index contributed by atoms with van der Waals surface area (Å²) in [6, 6.07) is 12.1. The van der Waals surface area contributed by atoms with E-state index in [1.165, 1.54) is 0 Å². The molecule has 2 heterocycles. The fourth-order valence-electron chi connectivity index (χ4n) is 3.36. The van der Waals surface area contributed by atoms with Crippen LogP contribution in [0.1, 0.15) is 29.3 Å². The molecule has 28 heavy (non-hydrogen) atoms. The van der Waals surface area contributed by atoms with Crippen molar-refractivity contribution in [3.05, 3.63) is 63.9 Å². The Hall–Kier alpha value is -3.48. The molecule has 0 aliphatic carbocycles. The second-order valence-electron chi connectivity index (χ2n) is 6.55. The van der Waals surface area contributed by atoms with Crippen molar-refractivity contribution >= 4 is 16.8 Å². The number of rotatable bonds is 5. The number of pyridine rings is 1. The smallest absolute Gasteiger partial charge is 0.259 e. The fraction of sp³-hybridized carbons (Fsp3) is 0.238. The normalized spacial score (nSPS) is 12.3. The summed E-state index contributed by atoms with van der Waals surface area (Å²) in [5.74, 6) is 0.629. The number of ether oxygens (including phenoxy) is 2. The van der Waals surface area contributed by atoms with Gasteiger partial charge in [-0.05, 0) is 36.8 Å². The van der Waals surface area contributed by atoms with E-state index < -0.39 is 0 Å². The lowest BCUT2D eigenvalue weighted by molar-refractivity contribution is 0.0950. The molecule has 0 fully saturated rings. The highest BCUT2D eigenvalue weighted by Crippen LogP contribution is 2.32. The number of hydrogen-bond donors (Lipinski definition) is 2. The van der Waals surface area contributed by atoms with Crippen LogP contribution >= 0.6 is 0 Å². The van der Waals surface area contributed by atoms with Crippen molar-refractivity contribution in [2.24, 2.45) is 0 Å². The van der Waals surface area contributed by atoms with Crippen molar-refractivity contribution in [1.82, 2.24) is 9.88 Å². The lowest BCUT2D eigenvalue weighted by Gasteiger charge is -2.15. The van der Waals surface area contributed by atoms with Gasteiger partial charge in [-0.25, -0.2) is 0 Å². The third-order valence-corrected chi connectivity index (χ3v) is 4.75. The second-order valence-corrected chi connectivity index (χ2v) is 6.55. The van der Waals surface area contributed by atoms with E-state index in [1.54, 1.807) is 41.0 Å². The number of para-hydroxylation sites is 1. The van der Waals surface area contributed by atoms with E-state index in [0.29, 0.717) is 34.5 Å². The molecule has 1 amide bonds. The van der Waals surface area contributed by atoms with Crippen molar-refractivity contribution in [3.63, 3.8) is 0 Å². The number of carbonyl (C=O) groups is 1. The standard InChI is InChI=1S/C21H20N2O5/c1-2-9-23-16-6-4-3-5-14(16)19(24)15(21(23)26)11-22-20(25)13-7-8-17-18(10-13)28-12-27-17/h3-8,10,24H,2,9,11-12H2,1H3,(H,22,25). The van der Waals surface area contributed by atoms with Crippen LogP contribution in [0.2, 0.25) is 0 Å². The minimum Gasteiger partial charge on any atom is -0.507 e. The number of aryl methyl sites for hydroxylation is 1. The van der Waals surface area contributed by atoms with Crippen molar-refractivity contribution in [3.8, 4) is 17.2 Å². The number of fused-ring (bicyclic) bond motifs is 2. The molecule has 0 saturated carbocycles. The Balaban J connectivity index is 1.64. The van der Waals surface area contributed by atoms with E-state index in [0.717, 1.165) is 6.42 Å². The molecule has 0 saturated heterocycles. The summed E-state index contributed by atoms with van der Waals surface area (Å²) < 4.78 is 12.2. The molecule has 0 unspecified atom stereocenters. The van der Waals surface area contributed by atoms with Crippen molar-refractivity contribution in [2.45, 2.75) is 26.4 Å². The largest absolute Gasteiger partial charge is 0.507 e. The summed E-state index contributed by atoms with van der Waals surface area (Å²) in [7, 11) is 0. The van der Waals surface area contributed by atoms with Crippen LogP contribution in [0, 0.1) is 0 Å². The van der Waals surface area contributed by atoms with Gasteiger partial charge in [0, 0.05) is 17.5 Å². The number of nitrogens with zero attached hydrogens (tertiary/aromatic N) is 1. The van der Waals surface area contributed by atoms with Gasteiger partial charge in [0.1, 0.15) is 5.75 Å². The van der Waals surface area contributed by atoms with Gasteiger partial charge in [0.15, 0.2) is 11.5 Å². The Labute approximate surface area is 161 Å². The molecule has 2 N–H and O–H groups in total. The highest BCUT2D eigenvalue weighted by atomic mass is 16.7. The van der Waals surface area contributed by atoms with Gasteiger partial charge >= 0.3 is 0 Å². The molecular weight excluding hydrogens is 360 g/mol. The summed E-state index contributed by atoms with van der Waals surface area (Å²) in [6.07, 6.45) is 0.775. The van der Waals surface area contributed by atoms with E-state index in [9.17, 15) is 14.7 Å². The lowest BCUT2D eigenvalue weighted by atomic mass is 10.1. The zero-order valence-corrected chi connectivity index (χ0v) is 15.4. The summed E-state index contributed by atoms with van der Waals surface area (Å²) >= 11 is 0. The van der Waals surface area contributed by atoms with Gasteiger partial charge < -0.3 is 24.5 Å². The average molecular weight is 380 g/mol. The number of carbonyl (C=O) groups excluding carboxylic acids is 1. The molecule has 4 rings (SSSR count). The number of aromatic hydroxyl groups is 1. The summed E-state index contributed by atoms with van der Waals surface area (Å²) in [5.41, 5.74) is 0.932. The number of nitrogens with one attached hydrogen (secondary N) is 1. The molecule has 0 spiro atoms. The van der Waals surface area contributed by atoms with Crippen molar-refractivity contribution < 1.29 is 19.4 Å². The minimum atomic E-state index is -0.368. The Bertz CT molecular complexity index is 1120. The first-order chi connectivity index (χ1) is 13.6. The highest BCUT2D eigenvalue weighted by Gasteiger charge is 2.19. The molecule has 144 valence electrons. The lowest BCUT2D eigenvalue weighted by Crippen LogP contribution is -2.30. The van der Waals surface area contributed by atoms with Gasteiger partial charge in [-0.2, -0.15) is 0 Å². The molecule has 1 aromatic heterocycles. The Kier molecular flexibility index (Phi) is 4.65. The molecule has 3 aromatic rings. The van der Waals surface area contributed by atoms with Gasteiger partial charge in [-0.3, -0.25) is 9.59 Å². The van der Waals surface area contributed by atoms with Crippen molar-refractivity contribution in [2.75, 3.05) is 6.79 Å². The summed E-state index contributed by atoms with van der Waals surface area (Å²) in [5, 5.41) is 13.9. The Morgan fingerprint density at radius 1 is 1.18 bits per heavy atom. The van der Waals surface area contributed by atoms with Crippen LogP contribution in [0.25, 0.3) is 10.9 Å². The second kappa shape index (κ2) is 7.26. The average Bonchev–Trinajstić information content (AvgIpc) is 3.18. The Morgan fingerprint density at radius 2 is 1.96 bits per heavy atom. The predicted octanol–water partition coefficient (Wildman–Crippen LogP) is 2.78. The molecule has 1 aliphatic heterocycles. The van der Waals surface area contributed by atoms with Crippen LogP contribution < -0.4 is 20.3 Å². The highest BCUT2D eigenvalue weighted by molar-refractivity contribution is 5.95. The molecular formula is C21H20N2O5. The van der Waals surface area contributed by atoms with Gasteiger partial charge in [0.05, 0.1) is 17.6 Å². The zero-order chi connectivity index (χ0) is 19.7. The molecule has 1 aliphatic rings. The quantitative estimate of drug-likeness (QED) is 0.710. The number of benzene rings is 2. The summed E-state index contributed by atoms with van der Waals surface area (Å²) in [4.78, 5) is 25.4. The van der Waals surface area contributed by atoms with Gasteiger partial charge in [0.2, 0.25) is 6.79 Å². The zero-order valence-electron chi connectivity index (χ0n) is 15.4. The molecule has 7 nitrogen and oxygen atoms in total. The van der Waals surface area contributed by atoms with Crippen LogP contribution in [0.3, 0.4) is 0 Å². The number of amides is 1. The SMILES string of the molecule is CCCn1c(=O)c(CNC(=O)c2ccc3c(c2)OCO3)c(O)c2ccccc21. The van der Waals surface area contributed by atoms with Crippen LogP contribution in [-0.4, -0.2) is 22.4 Å². The molecule has 7 heteroatoms. The van der Waals surface area contributed by atoms with Gasteiger partial charge in [-0.1, -0.05) is 19.1 Å². The third kappa shape index (κ3) is 3.05. The van der Waals surface area contributed by atoms with E-state index >= 15 is 0 Å². The van der Waals surface area contributed by atoms with E-state index in [-0.39, 0.29) is 36.1 Å². The van der Waals surface area contributed by atoms with E-state index in [2.05, 4.69) is 5.32 Å². The first-order valence-corrected chi connectivity index (χ1v) is 9.11. The van der Waals surface area contributed by atoms with Gasteiger partial charge in [-0.15, -0.1) is 0 Å². The van der Waals surface area contributed by atoms with E-state index in [1.807, 2.05) is 13.0 Å². The number of hydrogen-bond acceptors (Lipinski definition) is 5. The maximum Gasteiger partial charge on any atom is 0.259 e. The topological polar surface area (TPSA) is 89.8 Å².